The highest BCUT2D eigenvalue weighted by Crippen LogP contribution is 2.17. The number of hydrogen-bond acceptors (Lipinski definition) is 4. The Morgan fingerprint density at radius 3 is 3.13 bits per heavy atom. The summed E-state index contributed by atoms with van der Waals surface area (Å²) in [5.41, 5.74) is 7.35. The average Bonchev–Trinajstić information content (AvgIpc) is 3.05. The maximum Gasteiger partial charge on any atom is 0.119 e. The second kappa shape index (κ2) is 8.13. The van der Waals surface area contributed by atoms with E-state index in [0.717, 1.165) is 51.4 Å². The predicted octanol–water partition coefficient (Wildman–Crippen LogP) is 2.28. The van der Waals surface area contributed by atoms with E-state index in [1.165, 1.54) is 12.0 Å². The first-order chi connectivity index (χ1) is 11.3. The number of nitrogens with two attached hydrogens (primary N) is 1. The number of imidazole rings is 1. The highest BCUT2D eigenvalue weighted by molar-refractivity contribution is 5.28. The molecule has 5 nitrogen and oxygen atoms in total. The number of aryl methyl sites for hydroxylation is 1. The molecule has 23 heavy (non-hydrogen) atoms. The largest absolute Gasteiger partial charge is 0.494 e. The van der Waals surface area contributed by atoms with Crippen molar-refractivity contribution in [1.82, 2.24) is 14.5 Å². The van der Waals surface area contributed by atoms with Crippen molar-refractivity contribution in [3.63, 3.8) is 0 Å². The molecule has 1 atom stereocenters. The molecule has 1 saturated heterocycles. The quantitative estimate of drug-likeness (QED) is 0.797. The molecule has 2 aromatic rings. The zero-order valence-corrected chi connectivity index (χ0v) is 13.6. The van der Waals surface area contributed by atoms with Gasteiger partial charge in [0.15, 0.2) is 0 Å². The van der Waals surface area contributed by atoms with Crippen molar-refractivity contribution >= 4 is 0 Å². The molecule has 0 saturated carbocycles. The van der Waals surface area contributed by atoms with Crippen LogP contribution in [0.15, 0.2) is 43.0 Å². The highest BCUT2D eigenvalue weighted by Gasteiger charge is 2.16. The van der Waals surface area contributed by atoms with Crippen LogP contribution in [0.3, 0.4) is 0 Å². The van der Waals surface area contributed by atoms with E-state index in [9.17, 15) is 0 Å². The number of ether oxygens (including phenoxy) is 1. The topological polar surface area (TPSA) is 56.3 Å². The third-order valence-electron chi connectivity index (χ3n) is 4.24. The lowest BCUT2D eigenvalue weighted by molar-refractivity contribution is 0.201. The van der Waals surface area contributed by atoms with Crippen LogP contribution in [0.4, 0.5) is 0 Å². The van der Waals surface area contributed by atoms with Crippen molar-refractivity contribution in [2.24, 2.45) is 5.73 Å². The van der Waals surface area contributed by atoms with E-state index in [1.54, 1.807) is 6.20 Å². The monoisotopic (exact) mass is 314 g/mol. The first kappa shape index (κ1) is 16.0. The van der Waals surface area contributed by atoms with Crippen LogP contribution >= 0.6 is 0 Å². The third kappa shape index (κ3) is 5.08. The zero-order valence-electron chi connectivity index (χ0n) is 13.6. The minimum atomic E-state index is 0.325. The smallest absolute Gasteiger partial charge is 0.119 e. The molecule has 0 aliphatic carbocycles. The number of piperidine rings is 1. The fourth-order valence-electron chi connectivity index (χ4n) is 3.08. The average molecular weight is 314 g/mol. The van der Waals surface area contributed by atoms with Crippen LogP contribution in [-0.2, 0) is 13.1 Å². The predicted molar refractivity (Wildman–Crippen MR) is 91.3 cm³/mol. The number of aromatic nitrogens is 2. The van der Waals surface area contributed by atoms with E-state index in [2.05, 4.69) is 32.7 Å². The molecule has 2 N–H and O–H groups in total. The molecule has 0 amide bonds. The van der Waals surface area contributed by atoms with Crippen molar-refractivity contribution in [2.45, 2.75) is 38.4 Å². The van der Waals surface area contributed by atoms with Gasteiger partial charge in [-0.2, -0.15) is 0 Å². The highest BCUT2D eigenvalue weighted by atomic mass is 16.5. The van der Waals surface area contributed by atoms with Crippen LogP contribution < -0.4 is 10.5 Å². The number of likely N-dealkylation sites (tertiary alicyclic amines) is 1. The summed E-state index contributed by atoms with van der Waals surface area (Å²) in [6.07, 6.45) is 8.94. The van der Waals surface area contributed by atoms with Gasteiger partial charge in [-0.05, 0) is 43.5 Å². The number of benzene rings is 1. The van der Waals surface area contributed by atoms with Gasteiger partial charge in [0.25, 0.3) is 0 Å². The molecule has 1 aromatic heterocycles. The zero-order chi connectivity index (χ0) is 15.9. The summed E-state index contributed by atoms with van der Waals surface area (Å²) in [6.45, 7) is 4.75. The molecule has 0 radical (unpaired) electrons. The molecule has 3 rings (SSSR count). The van der Waals surface area contributed by atoms with Crippen molar-refractivity contribution in [2.75, 3.05) is 19.7 Å². The van der Waals surface area contributed by atoms with Crippen LogP contribution in [0.1, 0.15) is 24.8 Å². The molecule has 124 valence electrons. The summed E-state index contributed by atoms with van der Waals surface area (Å²) in [4.78, 5) is 6.48. The summed E-state index contributed by atoms with van der Waals surface area (Å²) in [5, 5.41) is 0. The van der Waals surface area contributed by atoms with Gasteiger partial charge in [-0.1, -0.05) is 12.1 Å². The van der Waals surface area contributed by atoms with Crippen molar-refractivity contribution in [1.29, 1.82) is 0 Å². The fourth-order valence-corrected chi connectivity index (χ4v) is 3.08. The van der Waals surface area contributed by atoms with Gasteiger partial charge in [0.2, 0.25) is 0 Å². The maximum atomic E-state index is 6.06. The number of hydrogen-bond donors (Lipinski definition) is 1. The van der Waals surface area contributed by atoms with E-state index in [-0.39, 0.29) is 0 Å². The maximum absolute atomic E-state index is 6.06. The lowest BCUT2D eigenvalue weighted by Crippen LogP contribution is -2.42. The molecular weight excluding hydrogens is 288 g/mol. The summed E-state index contributed by atoms with van der Waals surface area (Å²) >= 11 is 0. The van der Waals surface area contributed by atoms with Gasteiger partial charge in [0, 0.05) is 38.1 Å². The third-order valence-corrected chi connectivity index (χ3v) is 4.24. The molecular formula is C18H26N4O. The Hall–Kier alpha value is -1.85. The van der Waals surface area contributed by atoms with E-state index in [4.69, 9.17) is 10.5 Å². The number of nitrogens with zero attached hydrogens (tertiary/aromatic N) is 3. The Balaban J connectivity index is 1.45. The minimum absolute atomic E-state index is 0.325. The molecule has 1 fully saturated rings. The van der Waals surface area contributed by atoms with Crippen LogP contribution in [0.25, 0.3) is 0 Å². The van der Waals surface area contributed by atoms with Crippen LogP contribution in [-0.4, -0.2) is 40.2 Å². The Morgan fingerprint density at radius 1 is 1.35 bits per heavy atom. The van der Waals surface area contributed by atoms with Gasteiger partial charge in [-0.15, -0.1) is 0 Å². The van der Waals surface area contributed by atoms with Crippen LogP contribution in [0.5, 0.6) is 5.75 Å². The van der Waals surface area contributed by atoms with E-state index >= 15 is 0 Å². The van der Waals surface area contributed by atoms with E-state index in [0.29, 0.717) is 6.04 Å². The molecule has 5 heteroatoms. The first-order valence-electron chi connectivity index (χ1n) is 8.45. The fraction of sp³-hybridized carbons (Fsp3) is 0.500. The summed E-state index contributed by atoms with van der Waals surface area (Å²) in [6, 6.07) is 8.74. The van der Waals surface area contributed by atoms with E-state index in [1.807, 2.05) is 18.6 Å². The molecule has 2 heterocycles. The lowest BCUT2D eigenvalue weighted by Gasteiger charge is -2.30. The van der Waals surface area contributed by atoms with Crippen LogP contribution in [0.2, 0.25) is 0 Å². The summed E-state index contributed by atoms with van der Waals surface area (Å²) in [5.74, 6) is 0.953. The van der Waals surface area contributed by atoms with E-state index < -0.39 is 0 Å². The normalized spacial score (nSPS) is 18.9. The molecule has 1 unspecified atom stereocenters. The second-order valence-corrected chi connectivity index (χ2v) is 6.29. The minimum Gasteiger partial charge on any atom is -0.494 e. The second-order valence-electron chi connectivity index (χ2n) is 6.29. The standard InChI is InChI=1S/C18H26N4O/c19-17-5-2-8-22(14-17)13-16-4-1-6-18(12-16)23-11-3-9-21-10-7-20-15-21/h1,4,6-7,10,12,15,17H,2-3,5,8-9,11,13-14,19H2. The molecule has 0 spiro atoms. The summed E-state index contributed by atoms with van der Waals surface area (Å²) < 4.78 is 7.95. The van der Waals surface area contributed by atoms with Crippen molar-refractivity contribution in [3.05, 3.63) is 48.5 Å². The summed E-state index contributed by atoms with van der Waals surface area (Å²) in [7, 11) is 0. The molecule has 1 aliphatic heterocycles. The SMILES string of the molecule is NC1CCCN(Cc2cccc(OCCCn3ccnc3)c2)C1. The Kier molecular flexibility index (Phi) is 5.66. The Labute approximate surface area is 138 Å². The van der Waals surface area contributed by atoms with Gasteiger partial charge in [0.1, 0.15) is 5.75 Å². The number of rotatable bonds is 7. The van der Waals surface area contributed by atoms with Gasteiger partial charge >= 0.3 is 0 Å². The van der Waals surface area contributed by atoms with Crippen molar-refractivity contribution < 1.29 is 4.74 Å². The van der Waals surface area contributed by atoms with Crippen molar-refractivity contribution in [3.8, 4) is 5.75 Å². The Bertz CT molecular complexity index is 584. The molecule has 0 bridgehead atoms. The molecule has 1 aliphatic rings. The van der Waals surface area contributed by atoms with Gasteiger partial charge in [-0.25, -0.2) is 4.98 Å². The first-order valence-corrected chi connectivity index (χ1v) is 8.45. The van der Waals surface area contributed by atoms with Gasteiger partial charge < -0.3 is 15.0 Å². The molecule has 1 aromatic carbocycles. The Morgan fingerprint density at radius 2 is 2.30 bits per heavy atom. The van der Waals surface area contributed by atoms with Crippen LogP contribution in [0, 0.1) is 0 Å². The van der Waals surface area contributed by atoms with Gasteiger partial charge in [-0.3, -0.25) is 4.90 Å². The lowest BCUT2D eigenvalue weighted by atomic mass is 10.1. The van der Waals surface area contributed by atoms with Gasteiger partial charge in [0.05, 0.1) is 12.9 Å².